The lowest BCUT2D eigenvalue weighted by atomic mass is 10.1. The number of benzene rings is 3. The van der Waals surface area contributed by atoms with Crippen LogP contribution < -0.4 is 10.1 Å². The maximum absolute atomic E-state index is 12.7. The van der Waals surface area contributed by atoms with Crippen molar-refractivity contribution in [2.24, 2.45) is 0 Å². The van der Waals surface area contributed by atoms with Crippen LogP contribution in [0.25, 0.3) is 0 Å². The Morgan fingerprint density at radius 2 is 1.43 bits per heavy atom. The normalized spacial score (nSPS) is 10.4. The third-order valence-corrected chi connectivity index (χ3v) is 4.75. The van der Waals surface area contributed by atoms with Crippen LogP contribution in [0.5, 0.6) is 11.5 Å². The number of hydrogen-bond donors (Lipinski definition) is 1. The first kappa shape index (κ1) is 21.1. The molecule has 0 aliphatic carbocycles. The molecule has 0 unspecified atom stereocenters. The largest absolute Gasteiger partial charge is 0.457 e. The molecule has 2 amide bonds. The van der Waals surface area contributed by atoms with Gasteiger partial charge < -0.3 is 15.0 Å². The van der Waals surface area contributed by atoms with Gasteiger partial charge in [0.15, 0.2) is 0 Å². The molecule has 1 N–H and O–H groups in total. The van der Waals surface area contributed by atoms with Crippen molar-refractivity contribution in [2.75, 3.05) is 18.9 Å². The first-order valence-corrected chi connectivity index (χ1v) is 9.79. The molecule has 3 aromatic carbocycles. The molecule has 0 saturated heterocycles. The van der Waals surface area contributed by atoms with E-state index in [2.05, 4.69) is 5.32 Å². The number of aryl methyl sites for hydroxylation is 3. The van der Waals surface area contributed by atoms with Crippen LogP contribution in [0.2, 0.25) is 0 Å². The van der Waals surface area contributed by atoms with Gasteiger partial charge in [0.05, 0.1) is 6.54 Å². The van der Waals surface area contributed by atoms with Crippen LogP contribution >= 0.6 is 0 Å². The van der Waals surface area contributed by atoms with E-state index in [-0.39, 0.29) is 18.4 Å². The van der Waals surface area contributed by atoms with Crippen molar-refractivity contribution in [2.45, 2.75) is 20.8 Å². The Morgan fingerprint density at radius 1 is 0.867 bits per heavy atom. The summed E-state index contributed by atoms with van der Waals surface area (Å²) in [5, 5.41) is 2.93. The van der Waals surface area contributed by atoms with Gasteiger partial charge >= 0.3 is 0 Å². The maximum atomic E-state index is 12.7. The monoisotopic (exact) mass is 402 g/mol. The standard InChI is InChI=1S/C25H26N2O3/c1-17-14-18(2)24(19(3)15-17)26-23(28)16-27(4)25(29)20-10-12-22(13-11-20)30-21-8-6-5-7-9-21/h5-15H,16H2,1-4H3,(H,26,28). The number of nitrogens with zero attached hydrogens (tertiary/aromatic N) is 1. The highest BCUT2D eigenvalue weighted by Crippen LogP contribution is 2.23. The van der Waals surface area contributed by atoms with Gasteiger partial charge in [-0.05, 0) is 68.3 Å². The van der Waals surface area contributed by atoms with Crippen LogP contribution in [-0.4, -0.2) is 30.3 Å². The van der Waals surface area contributed by atoms with Gasteiger partial charge in [0, 0.05) is 18.3 Å². The van der Waals surface area contributed by atoms with Crippen molar-refractivity contribution < 1.29 is 14.3 Å². The maximum Gasteiger partial charge on any atom is 0.254 e. The topological polar surface area (TPSA) is 58.6 Å². The summed E-state index contributed by atoms with van der Waals surface area (Å²) in [7, 11) is 1.62. The number of carbonyl (C=O) groups is 2. The van der Waals surface area contributed by atoms with E-state index in [1.54, 1.807) is 31.3 Å². The van der Waals surface area contributed by atoms with E-state index in [4.69, 9.17) is 4.74 Å². The predicted molar refractivity (Wildman–Crippen MR) is 119 cm³/mol. The van der Waals surface area contributed by atoms with E-state index < -0.39 is 0 Å². The number of ether oxygens (including phenoxy) is 1. The highest BCUT2D eigenvalue weighted by molar-refractivity contribution is 5.99. The molecule has 0 aliphatic heterocycles. The molecular weight excluding hydrogens is 376 g/mol. The van der Waals surface area contributed by atoms with Gasteiger partial charge in [-0.15, -0.1) is 0 Å². The average Bonchev–Trinajstić information content (AvgIpc) is 2.71. The fourth-order valence-corrected chi connectivity index (χ4v) is 3.35. The zero-order valence-electron chi connectivity index (χ0n) is 17.7. The summed E-state index contributed by atoms with van der Waals surface area (Å²) in [6.07, 6.45) is 0. The van der Waals surface area contributed by atoms with Gasteiger partial charge in [0.2, 0.25) is 5.91 Å². The fraction of sp³-hybridized carbons (Fsp3) is 0.200. The van der Waals surface area contributed by atoms with E-state index in [1.165, 1.54) is 4.90 Å². The number of amides is 2. The SMILES string of the molecule is Cc1cc(C)c(NC(=O)CN(C)C(=O)c2ccc(Oc3ccccc3)cc2)c(C)c1. The Kier molecular flexibility index (Phi) is 6.52. The Bertz CT molecular complexity index is 1020. The fourth-order valence-electron chi connectivity index (χ4n) is 3.35. The van der Waals surface area contributed by atoms with Gasteiger partial charge in [-0.25, -0.2) is 0 Å². The molecule has 0 atom stereocenters. The number of likely N-dealkylation sites (N-methyl/N-ethyl adjacent to an activating group) is 1. The van der Waals surface area contributed by atoms with Crippen LogP contribution in [0.1, 0.15) is 27.0 Å². The molecule has 0 bridgehead atoms. The Hall–Kier alpha value is -3.60. The van der Waals surface area contributed by atoms with Crippen molar-refractivity contribution >= 4 is 17.5 Å². The summed E-state index contributed by atoms with van der Waals surface area (Å²) in [4.78, 5) is 26.6. The van der Waals surface area contributed by atoms with Crippen LogP contribution in [0.3, 0.4) is 0 Å². The molecule has 0 fully saturated rings. The molecule has 0 spiro atoms. The van der Waals surface area contributed by atoms with Crippen molar-refractivity contribution in [1.29, 1.82) is 0 Å². The second-order valence-electron chi connectivity index (χ2n) is 7.42. The highest BCUT2D eigenvalue weighted by Gasteiger charge is 2.16. The first-order chi connectivity index (χ1) is 14.3. The van der Waals surface area contributed by atoms with Gasteiger partial charge in [0.25, 0.3) is 5.91 Å². The lowest BCUT2D eigenvalue weighted by molar-refractivity contribution is -0.116. The number of anilines is 1. The molecule has 0 aromatic heterocycles. The third-order valence-electron chi connectivity index (χ3n) is 4.75. The van der Waals surface area contributed by atoms with Crippen LogP contribution in [-0.2, 0) is 4.79 Å². The molecule has 0 radical (unpaired) electrons. The number of para-hydroxylation sites is 1. The minimum atomic E-state index is -0.232. The number of nitrogens with one attached hydrogen (secondary N) is 1. The number of rotatable bonds is 6. The zero-order chi connectivity index (χ0) is 21.7. The predicted octanol–water partition coefficient (Wildman–Crippen LogP) is 5.11. The van der Waals surface area contributed by atoms with Crippen molar-refractivity contribution in [1.82, 2.24) is 4.90 Å². The quantitative estimate of drug-likeness (QED) is 0.623. The summed E-state index contributed by atoms with van der Waals surface area (Å²) in [6.45, 7) is 5.91. The molecule has 0 heterocycles. The minimum absolute atomic E-state index is 0.0339. The molecule has 0 saturated carbocycles. The Balaban J connectivity index is 1.60. The molecule has 5 nitrogen and oxygen atoms in total. The van der Waals surface area contributed by atoms with Crippen LogP contribution in [0.15, 0.2) is 66.7 Å². The lowest BCUT2D eigenvalue weighted by Crippen LogP contribution is -2.35. The summed E-state index contributed by atoms with van der Waals surface area (Å²) in [5.74, 6) is 0.911. The van der Waals surface area contributed by atoms with Gasteiger partial charge in [-0.3, -0.25) is 9.59 Å². The van der Waals surface area contributed by atoms with E-state index in [0.29, 0.717) is 11.3 Å². The summed E-state index contributed by atoms with van der Waals surface area (Å²) < 4.78 is 5.75. The summed E-state index contributed by atoms with van der Waals surface area (Å²) >= 11 is 0. The minimum Gasteiger partial charge on any atom is -0.457 e. The number of carbonyl (C=O) groups excluding carboxylic acids is 2. The van der Waals surface area contributed by atoms with Crippen molar-refractivity contribution in [3.8, 4) is 11.5 Å². The van der Waals surface area contributed by atoms with E-state index in [1.807, 2.05) is 63.2 Å². The first-order valence-electron chi connectivity index (χ1n) is 9.79. The van der Waals surface area contributed by atoms with E-state index in [9.17, 15) is 9.59 Å². The van der Waals surface area contributed by atoms with Gasteiger partial charge in [0.1, 0.15) is 11.5 Å². The van der Waals surface area contributed by atoms with Crippen molar-refractivity contribution in [3.05, 3.63) is 89.0 Å². The summed E-state index contributed by atoms with van der Waals surface area (Å²) in [6, 6.07) is 20.4. The summed E-state index contributed by atoms with van der Waals surface area (Å²) in [5.41, 5.74) is 4.45. The highest BCUT2D eigenvalue weighted by atomic mass is 16.5. The molecule has 3 rings (SSSR count). The van der Waals surface area contributed by atoms with Gasteiger partial charge in [-0.1, -0.05) is 35.9 Å². The van der Waals surface area contributed by atoms with Crippen LogP contribution in [0.4, 0.5) is 5.69 Å². The van der Waals surface area contributed by atoms with E-state index in [0.717, 1.165) is 28.1 Å². The molecule has 5 heteroatoms. The molecule has 30 heavy (non-hydrogen) atoms. The molecule has 0 aliphatic rings. The second-order valence-corrected chi connectivity index (χ2v) is 7.42. The second kappa shape index (κ2) is 9.27. The zero-order valence-corrected chi connectivity index (χ0v) is 17.7. The third kappa shape index (κ3) is 5.26. The lowest BCUT2D eigenvalue weighted by Gasteiger charge is -2.18. The molecular formula is C25H26N2O3. The smallest absolute Gasteiger partial charge is 0.254 e. The van der Waals surface area contributed by atoms with E-state index >= 15 is 0 Å². The molecule has 3 aromatic rings. The Labute approximate surface area is 177 Å². The van der Waals surface area contributed by atoms with Crippen LogP contribution in [0, 0.1) is 20.8 Å². The number of hydrogen-bond acceptors (Lipinski definition) is 3. The van der Waals surface area contributed by atoms with Gasteiger partial charge in [-0.2, -0.15) is 0 Å². The average molecular weight is 402 g/mol. The molecule has 154 valence electrons. The van der Waals surface area contributed by atoms with Crippen molar-refractivity contribution in [3.63, 3.8) is 0 Å². The Morgan fingerprint density at radius 3 is 2.03 bits per heavy atom.